The highest BCUT2D eigenvalue weighted by Crippen LogP contribution is 2.38. The van der Waals surface area contributed by atoms with Gasteiger partial charge in [0, 0.05) is 53.3 Å². The summed E-state index contributed by atoms with van der Waals surface area (Å²) in [6.07, 6.45) is 3.76. The molecule has 196 valence electrons. The lowest BCUT2D eigenvalue weighted by molar-refractivity contribution is 0.161. The first-order chi connectivity index (χ1) is 18.6. The zero-order valence-electron chi connectivity index (χ0n) is 20.5. The molecule has 2 aliphatic rings. The van der Waals surface area contributed by atoms with Crippen LogP contribution in [-0.4, -0.2) is 65.0 Å². The molecule has 4 aromatic rings. The fraction of sp³-hybridized carbons (Fsp3) is 0.370. The molecule has 4 heterocycles. The van der Waals surface area contributed by atoms with Crippen molar-refractivity contribution in [2.24, 2.45) is 11.1 Å². The molecule has 2 aliphatic heterocycles. The average Bonchev–Trinajstić information content (AvgIpc) is 3.28. The van der Waals surface area contributed by atoms with Gasteiger partial charge in [-0.05, 0) is 24.3 Å². The molecule has 2 aromatic heterocycles. The van der Waals surface area contributed by atoms with Crippen molar-refractivity contribution in [3.05, 3.63) is 58.3 Å². The molecule has 2 aromatic carbocycles. The maximum absolute atomic E-state index is 16.3. The van der Waals surface area contributed by atoms with Gasteiger partial charge in [-0.25, -0.2) is 4.39 Å². The molecule has 3 atom stereocenters. The van der Waals surface area contributed by atoms with Crippen LogP contribution in [0.25, 0.3) is 32.9 Å². The predicted octanol–water partition coefficient (Wildman–Crippen LogP) is 4.33. The van der Waals surface area contributed by atoms with Gasteiger partial charge in [0.2, 0.25) is 0 Å². The third kappa shape index (κ3) is 4.53. The van der Waals surface area contributed by atoms with Gasteiger partial charge in [0.25, 0.3) is 0 Å². The Morgan fingerprint density at radius 3 is 2.68 bits per heavy atom. The minimum atomic E-state index is -0.602. The van der Waals surface area contributed by atoms with E-state index in [0.717, 1.165) is 31.3 Å². The van der Waals surface area contributed by atoms with Crippen molar-refractivity contribution in [1.29, 1.82) is 0 Å². The quantitative estimate of drug-likeness (QED) is 0.320. The third-order valence-corrected chi connectivity index (χ3v) is 7.62. The lowest BCUT2D eigenvalue weighted by atomic mass is 10.0. The van der Waals surface area contributed by atoms with Crippen molar-refractivity contribution in [1.82, 2.24) is 20.3 Å². The van der Waals surface area contributed by atoms with Gasteiger partial charge in [-0.2, -0.15) is 14.9 Å². The number of aliphatic hydroxyl groups excluding tert-OH is 1. The van der Waals surface area contributed by atoms with Crippen molar-refractivity contribution < 1.29 is 14.2 Å². The first-order valence-corrected chi connectivity index (χ1v) is 13.0. The fourth-order valence-corrected chi connectivity index (χ4v) is 5.72. The van der Waals surface area contributed by atoms with E-state index in [9.17, 15) is 10.0 Å². The van der Waals surface area contributed by atoms with Crippen LogP contribution in [0.3, 0.4) is 0 Å². The first kappa shape index (κ1) is 24.8. The number of hydrogen-bond acceptors (Lipinski definition) is 9. The van der Waals surface area contributed by atoms with E-state index in [1.165, 1.54) is 0 Å². The SMILES string of the molecule is O=NCC(CO)COc1nc(N2CC3CCC(C2)N3)c2cnc(-c3cccc4cccc(Cl)c34)c(F)c2n1. The van der Waals surface area contributed by atoms with Gasteiger partial charge in [0.15, 0.2) is 5.82 Å². The Balaban J connectivity index is 1.49. The highest BCUT2D eigenvalue weighted by Gasteiger charge is 2.34. The number of nitrogens with zero attached hydrogens (tertiary/aromatic N) is 5. The van der Waals surface area contributed by atoms with E-state index < -0.39 is 11.7 Å². The normalized spacial score (nSPS) is 19.7. The lowest BCUT2D eigenvalue weighted by Gasteiger charge is -2.34. The number of nitroso groups, excluding NO2 is 1. The number of pyridine rings is 1. The Kier molecular flexibility index (Phi) is 6.77. The molecule has 6 rings (SSSR count). The number of anilines is 1. The zero-order valence-corrected chi connectivity index (χ0v) is 21.2. The summed E-state index contributed by atoms with van der Waals surface area (Å²) >= 11 is 6.52. The summed E-state index contributed by atoms with van der Waals surface area (Å²) in [6, 6.07) is 11.7. The molecular formula is C27H26ClFN6O3. The van der Waals surface area contributed by atoms with Gasteiger partial charge in [0.1, 0.15) is 17.0 Å². The van der Waals surface area contributed by atoms with Crippen LogP contribution >= 0.6 is 11.6 Å². The number of ether oxygens (including phenoxy) is 1. The minimum Gasteiger partial charge on any atom is -0.463 e. The molecule has 0 saturated carbocycles. The molecule has 11 heteroatoms. The van der Waals surface area contributed by atoms with Crippen molar-refractivity contribution in [2.75, 3.05) is 37.7 Å². The zero-order chi connectivity index (χ0) is 26.2. The summed E-state index contributed by atoms with van der Waals surface area (Å²) in [5.74, 6) is -0.567. The molecule has 38 heavy (non-hydrogen) atoms. The number of benzene rings is 2. The monoisotopic (exact) mass is 536 g/mol. The summed E-state index contributed by atoms with van der Waals surface area (Å²) in [6.45, 7) is 1.02. The van der Waals surface area contributed by atoms with Crippen LogP contribution in [-0.2, 0) is 0 Å². The molecule has 9 nitrogen and oxygen atoms in total. The molecule has 0 aliphatic carbocycles. The molecule has 2 N–H and O–H groups in total. The molecular weight excluding hydrogens is 511 g/mol. The number of aromatic nitrogens is 3. The second-order valence-corrected chi connectivity index (χ2v) is 10.3. The van der Waals surface area contributed by atoms with E-state index in [1.807, 2.05) is 24.3 Å². The smallest absolute Gasteiger partial charge is 0.319 e. The summed E-state index contributed by atoms with van der Waals surface area (Å²) < 4.78 is 22.1. The second kappa shape index (κ2) is 10.4. The van der Waals surface area contributed by atoms with Crippen LogP contribution < -0.4 is 15.0 Å². The largest absolute Gasteiger partial charge is 0.463 e. The Bertz CT molecular complexity index is 1500. The number of nitrogens with one attached hydrogen (secondary N) is 1. The Morgan fingerprint density at radius 2 is 1.95 bits per heavy atom. The van der Waals surface area contributed by atoms with E-state index in [-0.39, 0.29) is 37.0 Å². The minimum absolute atomic E-state index is 0.0293. The fourth-order valence-electron chi connectivity index (χ4n) is 5.44. The van der Waals surface area contributed by atoms with Crippen LogP contribution in [0.1, 0.15) is 12.8 Å². The van der Waals surface area contributed by atoms with Crippen LogP contribution in [0.15, 0.2) is 47.8 Å². The Labute approximate surface area is 223 Å². The topological polar surface area (TPSA) is 113 Å². The van der Waals surface area contributed by atoms with E-state index in [0.29, 0.717) is 39.3 Å². The molecule has 2 fully saturated rings. The summed E-state index contributed by atoms with van der Waals surface area (Å²) in [7, 11) is 0. The number of piperazine rings is 1. The second-order valence-electron chi connectivity index (χ2n) is 9.87. The van der Waals surface area contributed by atoms with E-state index >= 15 is 4.39 Å². The summed E-state index contributed by atoms with van der Waals surface area (Å²) in [5.41, 5.74) is 0.775. The van der Waals surface area contributed by atoms with Gasteiger partial charge >= 0.3 is 6.01 Å². The van der Waals surface area contributed by atoms with E-state index in [1.54, 1.807) is 18.3 Å². The van der Waals surface area contributed by atoms with Gasteiger partial charge < -0.3 is 20.1 Å². The average molecular weight is 537 g/mol. The van der Waals surface area contributed by atoms with E-state index in [4.69, 9.17) is 16.3 Å². The van der Waals surface area contributed by atoms with Gasteiger partial charge in [0.05, 0.1) is 25.1 Å². The predicted molar refractivity (Wildman–Crippen MR) is 144 cm³/mol. The number of halogens is 2. The molecule has 2 saturated heterocycles. The molecule has 3 unspecified atom stereocenters. The third-order valence-electron chi connectivity index (χ3n) is 7.31. The first-order valence-electron chi connectivity index (χ1n) is 12.6. The molecule has 2 bridgehead atoms. The summed E-state index contributed by atoms with van der Waals surface area (Å²) in [4.78, 5) is 26.4. The standard InChI is InChI=1S/C27H26ClFN6O3/c28-21-6-2-4-16-3-1-5-19(22(16)21)24-23(29)25-20(10-30-24)26(35-11-17-7-8-18(12-35)32-17)34-27(33-25)38-14-15(13-36)9-31-37/h1-6,10,15,17-18,32,36H,7-9,11-14H2. The van der Waals surface area contributed by atoms with E-state index in [2.05, 4.69) is 30.3 Å². The van der Waals surface area contributed by atoms with Crippen molar-refractivity contribution in [2.45, 2.75) is 24.9 Å². The number of aliphatic hydroxyl groups is 1. The molecule has 0 amide bonds. The van der Waals surface area contributed by atoms with Crippen LogP contribution in [0, 0.1) is 16.6 Å². The molecule has 0 radical (unpaired) electrons. The number of hydrogen-bond donors (Lipinski definition) is 2. The van der Waals surface area contributed by atoms with Crippen molar-refractivity contribution in [3.63, 3.8) is 0 Å². The van der Waals surface area contributed by atoms with Gasteiger partial charge in [-0.1, -0.05) is 47.1 Å². The molecule has 0 spiro atoms. The highest BCUT2D eigenvalue weighted by atomic mass is 35.5. The van der Waals surface area contributed by atoms with Crippen molar-refractivity contribution in [3.8, 4) is 17.3 Å². The number of rotatable bonds is 8. The maximum atomic E-state index is 16.3. The Hall–Kier alpha value is -3.47. The van der Waals surface area contributed by atoms with Crippen molar-refractivity contribution >= 4 is 39.1 Å². The summed E-state index contributed by atoms with van der Waals surface area (Å²) in [5, 5.41) is 18.5. The number of fused-ring (bicyclic) bond motifs is 4. The highest BCUT2D eigenvalue weighted by molar-refractivity contribution is 6.36. The van der Waals surface area contributed by atoms with Crippen LogP contribution in [0.5, 0.6) is 6.01 Å². The van der Waals surface area contributed by atoms with Gasteiger partial charge in [-0.3, -0.25) is 4.98 Å². The van der Waals surface area contributed by atoms with Crippen LogP contribution in [0.2, 0.25) is 5.02 Å². The Morgan fingerprint density at radius 1 is 1.18 bits per heavy atom. The van der Waals surface area contributed by atoms with Crippen LogP contribution in [0.4, 0.5) is 10.2 Å². The lowest BCUT2D eigenvalue weighted by Crippen LogP contribution is -2.51. The van der Waals surface area contributed by atoms with Gasteiger partial charge in [-0.15, -0.1) is 0 Å². The maximum Gasteiger partial charge on any atom is 0.319 e.